The van der Waals surface area contributed by atoms with Crippen LogP contribution in [-0.4, -0.2) is 28.2 Å². The van der Waals surface area contributed by atoms with Gasteiger partial charge < -0.3 is 19.7 Å². The van der Waals surface area contributed by atoms with Crippen LogP contribution < -0.4 is 9.47 Å². The Morgan fingerprint density at radius 1 is 1.06 bits per heavy atom. The Bertz CT molecular complexity index is 1170. The summed E-state index contributed by atoms with van der Waals surface area (Å²) in [6.07, 6.45) is 8.21. The Kier molecular flexibility index (Phi) is 6.40. The lowest BCUT2D eigenvalue weighted by Gasteiger charge is -2.30. The van der Waals surface area contributed by atoms with Crippen LogP contribution in [0.15, 0.2) is 35.4 Å². The van der Waals surface area contributed by atoms with E-state index in [1.807, 2.05) is 71.9 Å². The molecule has 0 radical (unpaired) electrons. The van der Waals surface area contributed by atoms with Gasteiger partial charge in [0.15, 0.2) is 5.78 Å². The molecule has 0 aromatic heterocycles. The molecule has 0 fully saturated rings. The van der Waals surface area contributed by atoms with Crippen molar-refractivity contribution >= 4 is 22.6 Å². The SMILES string of the molecule is CC(=O)c1c(O)c(CC=C(C)C)c2cc(OCC=C(C)C)c3c(c2c1O)OC(C)(C)C=C3. The van der Waals surface area contributed by atoms with E-state index in [0.717, 1.165) is 11.1 Å². The third-order valence-electron chi connectivity index (χ3n) is 5.42. The second-order valence-corrected chi connectivity index (χ2v) is 9.26. The number of allylic oxidation sites excluding steroid dienone is 3. The molecule has 0 saturated heterocycles. The zero-order chi connectivity index (χ0) is 23.8. The zero-order valence-corrected chi connectivity index (χ0v) is 19.9. The summed E-state index contributed by atoms with van der Waals surface area (Å²) in [5.74, 6) is 0.138. The number of hydrogen-bond acceptors (Lipinski definition) is 5. The maximum absolute atomic E-state index is 12.4. The summed E-state index contributed by atoms with van der Waals surface area (Å²) in [6, 6.07) is 1.82. The molecule has 0 saturated carbocycles. The van der Waals surface area contributed by atoms with E-state index in [1.54, 1.807) is 0 Å². The molecule has 0 spiro atoms. The van der Waals surface area contributed by atoms with Gasteiger partial charge in [-0.15, -0.1) is 0 Å². The Hall–Kier alpha value is -3.21. The van der Waals surface area contributed by atoms with E-state index in [0.29, 0.717) is 46.4 Å². The summed E-state index contributed by atoms with van der Waals surface area (Å²) in [5, 5.41) is 23.1. The Morgan fingerprint density at radius 2 is 1.72 bits per heavy atom. The van der Waals surface area contributed by atoms with Crippen molar-refractivity contribution in [3.8, 4) is 23.0 Å². The van der Waals surface area contributed by atoms with Gasteiger partial charge in [0.05, 0.1) is 10.9 Å². The fraction of sp³-hybridized carbons (Fsp3) is 0.370. The van der Waals surface area contributed by atoms with Gasteiger partial charge in [-0.1, -0.05) is 17.2 Å². The number of carbonyl (C=O) groups excluding carboxylic acids is 1. The van der Waals surface area contributed by atoms with Crippen molar-refractivity contribution in [1.29, 1.82) is 0 Å². The number of rotatable bonds is 6. The molecule has 3 rings (SSSR count). The van der Waals surface area contributed by atoms with Crippen molar-refractivity contribution in [2.24, 2.45) is 0 Å². The van der Waals surface area contributed by atoms with E-state index in [2.05, 4.69) is 0 Å². The maximum atomic E-state index is 12.4. The maximum Gasteiger partial charge on any atom is 0.167 e. The first kappa shape index (κ1) is 23.5. The van der Waals surface area contributed by atoms with Crippen LogP contribution in [0.4, 0.5) is 0 Å². The fourth-order valence-corrected chi connectivity index (χ4v) is 3.75. The molecule has 5 nitrogen and oxygen atoms in total. The van der Waals surface area contributed by atoms with Gasteiger partial charge in [0.1, 0.15) is 40.8 Å². The topological polar surface area (TPSA) is 76.0 Å². The third kappa shape index (κ3) is 4.52. The summed E-state index contributed by atoms with van der Waals surface area (Å²) in [4.78, 5) is 12.4. The molecule has 170 valence electrons. The first-order chi connectivity index (χ1) is 14.9. The highest BCUT2D eigenvalue weighted by molar-refractivity contribution is 6.11. The zero-order valence-electron chi connectivity index (χ0n) is 19.9. The Balaban J connectivity index is 2.42. The van der Waals surface area contributed by atoms with Crippen LogP contribution >= 0.6 is 0 Å². The molecule has 0 aliphatic carbocycles. The summed E-state index contributed by atoms with van der Waals surface area (Å²) < 4.78 is 12.4. The van der Waals surface area contributed by atoms with Crippen LogP contribution in [0, 0.1) is 0 Å². The lowest BCUT2D eigenvalue weighted by atomic mass is 9.90. The standard InChI is InChI=1S/C27H32O5/c1-15(2)8-9-18-20-14-21(31-13-11-16(3)4)19-10-12-27(6,7)32-26(19)23(20)25(30)22(17(5)28)24(18)29/h8,10-12,14,29-30H,9,13H2,1-7H3. The first-order valence-electron chi connectivity index (χ1n) is 10.8. The van der Waals surface area contributed by atoms with Crippen LogP contribution in [0.1, 0.15) is 70.0 Å². The van der Waals surface area contributed by atoms with Crippen LogP contribution in [-0.2, 0) is 6.42 Å². The number of carbonyl (C=O) groups is 1. The second-order valence-electron chi connectivity index (χ2n) is 9.26. The van der Waals surface area contributed by atoms with Crippen LogP contribution in [0.25, 0.3) is 16.8 Å². The van der Waals surface area contributed by atoms with Gasteiger partial charge in [-0.3, -0.25) is 4.79 Å². The number of benzene rings is 2. The van der Waals surface area contributed by atoms with Crippen molar-refractivity contribution in [2.45, 2.75) is 60.5 Å². The van der Waals surface area contributed by atoms with Crippen molar-refractivity contribution in [3.63, 3.8) is 0 Å². The average molecular weight is 437 g/mol. The van der Waals surface area contributed by atoms with E-state index in [9.17, 15) is 15.0 Å². The van der Waals surface area contributed by atoms with E-state index < -0.39 is 11.4 Å². The van der Waals surface area contributed by atoms with Gasteiger partial charge in [-0.2, -0.15) is 0 Å². The molecule has 1 heterocycles. The van der Waals surface area contributed by atoms with Gasteiger partial charge >= 0.3 is 0 Å². The molecule has 1 aliphatic heterocycles. The van der Waals surface area contributed by atoms with E-state index >= 15 is 0 Å². The highest BCUT2D eigenvalue weighted by Crippen LogP contribution is 2.50. The predicted octanol–water partition coefficient (Wildman–Crippen LogP) is 6.49. The first-order valence-corrected chi connectivity index (χ1v) is 10.8. The van der Waals surface area contributed by atoms with Gasteiger partial charge in [0.2, 0.25) is 0 Å². The van der Waals surface area contributed by atoms with Crippen LogP contribution in [0.5, 0.6) is 23.0 Å². The van der Waals surface area contributed by atoms with Crippen LogP contribution in [0.3, 0.4) is 0 Å². The molecule has 0 amide bonds. The number of hydrogen-bond donors (Lipinski definition) is 2. The number of phenols is 2. The average Bonchev–Trinajstić information content (AvgIpc) is 2.65. The van der Waals surface area contributed by atoms with Crippen LogP contribution in [0.2, 0.25) is 0 Å². The minimum absolute atomic E-state index is 0.0916. The van der Waals surface area contributed by atoms with Crippen molar-refractivity contribution < 1.29 is 24.5 Å². The minimum Gasteiger partial charge on any atom is -0.507 e. The molecule has 0 bridgehead atoms. The second kappa shape index (κ2) is 8.73. The molecule has 2 N–H and O–H groups in total. The molecule has 0 atom stereocenters. The van der Waals surface area contributed by atoms with E-state index in [-0.39, 0.29) is 17.1 Å². The van der Waals surface area contributed by atoms with Gasteiger partial charge in [0.25, 0.3) is 0 Å². The van der Waals surface area contributed by atoms with Gasteiger partial charge in [-0.25, -0.2) is 0 Å². The van der Waals surface area contributed by atoms with E-state index in [4.69, 9.17) is 9.47 Å². The largest absolute Gasteiger partial charge is 0.507 e. The predicted molar refractivity (Wildman–Crippen MR) is 129 cm³/mol. The van der Waals surface area contributed by atoms with Gasteiger partial charge in [-0.05, 0) is 79.2 Å². The normalized spacial score (nSPS) is 13.8. The lowest BCUT2D eigenvalue weighted by molar-refractivity contribution is 0.101. The molecule has 0 unspecified atom stereocenters. The summed E-state index contributed by atoms with van der Waals surface area (Å²) in [6.45, 7) is 13.5. The highest BCUT2D eigenvalue weighted by atomic mass is 16.5. The number of Topliss-reactive ketones (excluding diaryl/α,β-unsaturated/α-hetero) is 1. The molecular weight excluding hydrogens is 404 g/mol. The van der Waals surface area contributed by atoms with Crippen molar-refractivity contribution in [1.82, 2.24) is 0 Å². The van der Waals surface area contributed by atoms with Crippen molar-refractivity contribution in [3.05, 3.63) is 52.1 Å². The third-order valence-corrected chi connectivity index (χ3v) is 5.42. The summed E-state index contributed by atoms with van der Waals surface area (Å²) in [7, 11) is 0. The molecule has 5 heteroatoms. The summed E-state index contributed by atoms with van der Waals surface area (Å²) >= 11 is 0. The molecule has 1 aliphatic rings. The summed E-state index contributed by atoms with van der Waals surface area (Å²) in [5.41, 5.74) is 2.76. The monoisotopic (exact) mass is 436 g/mol. The number of fused-ring (bicyclic) bond motifs is 3. The minimum atomic E-state index is -0.612. The Labute approximate surface area is 189 Å². The number of ketones is 1. The lowest BCUT2D eigenvalue weighted by Crippen LogP contribution is -2.28. The molecule has 2 aromatic carbocycles. The highest BCUT2D eigenvalue weighted by Gasteiger charge is 2.31. The smallest absolute Gasteiger partial charge is 0.167 e. The Morgan fingerprint density at radius 3 is 2.31 bits per heavy atom. The number of ether oxygens (including phenoxy) is 2. The van der Waals surface area contributed by atoms with E-state index in [1.165, 1.54) is 6.92 Å². The van der Waals surface area contributed by atoms with Crippen molar-refractivity contribution in [2.75, 3.05) is 6.61 Å². The molecular formula is C27H32O5. The molecule has 2 aromatic rings. The number of aromatic hydroxyl groups is 2. The van der Waals surface area contributed by atoms with Gasteiger partial charge in [0, 0.05) is 10.9 Å². The fourth-order valence-electron chi connectivity index (χ4n) is 3.75. The number of phenolic OH excluding ortho intramolecular Hbond substituents is 2. The molecule has 32 heavy (non-hydrogen) atoms. The quantitative estimate of drug-likeness (QED) is 0.400.